The van der Waals surface area contributed by atoms with Gasteiger partial charge in [-0.15, -0.1) is 0 Å². The van der Waals surface area contributed by atoms with Crippen molar-refractivity contribution < 1.29 is 4.74 Å². The summed E-state index contributed by atoms with van der Waals surface area (Å²) in [5.74, 6) is 1.40. The minimum absolute atomic E-state index is 0.422. The van der Waals surface area contributed by atoms with E-state index in [2.05, 4.69) is 16.4 Å². The molecule has 1 N–H and O–H groups in total. The van der Waals surface area contributed by atoms with E-state index >= 15 is 0 Å². The standard InChI is InChI=1S/C13H15ClN2O/c1-17-11-6-9(7-16-13(11)14)10-3-2-8-4-5-15-12(8)10/h3,6-8,12,15H,2,4-5H2,1H3. The highest BCUT2D eigenvalue weighted by molar-refractivity contribution is 6.30. The molecule has 4 heteroatoms. The van der Waals surface area contributed by atoms with Gasteiger partial charge in [0.05, 0.1) is 7.11 Å². The zero-order valence-corrected chi connectivity index (χ0v) is 10.5. The first-order valence-corrected chi connectivity index (χ1v) is 6.30. The van der Waals surface area contributed by atoms with Crippen molar-refractivity contribution in [3.8, 4) is 5.75 Å². The molecule has 0 saturated carbocycles. The van der Waals surface area contributed by atoms with E-state index in [9.17, 15) is 0 Å². The molecule has 1 aromatic heterocycles. The fourth-order valence-corrected chi connectivity index (χ4v) is 2.99. The van der Waals surface area contributed by atoms with Crippen molar-refractivity contribution in [2.24, 2.45) is 5.92 Å². The lowest BCUT2D eigenvalue weighted by atomic mass is 9.97. The van der Waals surface area contributed by atoms with Crippen LogP contribution in [0.5, 0.6) is 5.75 Å². The van der Waals surface area contributed by atoms with Gasteiger partial charge in [0.25, 0.3) is 0 Å². The Hall–Kier alpha value is -1.06. The molecule has 3 rings (SSSR count). The van der Waals surface area contributed by atoms with E-state index in [1.165, 1.54) is 12.0 Å². The van der Waals surface area contributed by atoms with Crippen molar-refractivity contribution in [3.63, 3.8) is 0 Å². The van der Waals surface area contributed by atoms with E-state index in [-0.39, 0.29) is 0 Å². The Balaban J connectivity index is 1.94. The third kappa shape index (κ3) is 1.83. The molecule has 2 atom stereocenters. The molecule has 2 aliphatic rings. The molecule has 0 bridgehead atoms. The van der Waals surface area contributed by atoms with Gasteiger partial charge in [0, 0.05) is 17.8 Å². The molecule has 1 aliphatic carbocycles. The summed E-state index contributed by atoms with van der Waals surface area (Å²) >= 11 is 5.94. The van der Waals surface area contributed by atoms with Crippen LogP contribution in [-0.4, -0.2) is 24.7 Å². The Morgan fingerprint density at radius 1 is 1.53 bits per heavy atom. The van der Waals surface area contributed by atoms with Crippen LogP contribution in [0.25, 0.3) is 5.57 Å². The zero-order valence-electron chi connectivity index (χ0n) is 9.74. The number of rotatable bonds is 2. The van der Waals surface area contributed by atoms with Crippen molar-refractivity contribution >= 4 is 17.2 Å². The Labute approximate surface area is 106 Å². The number of nitrogens with one attached hydrogen (secondary N) is 1. The van der Waals surface area contributed by atoms with Gasteiger partial charge < -0.3 is 10.1 Å². The molecular formula is C13H15ClN2O. The Morgan fingerprint density at radius 3 is 3.24 bits per heavy atom. The highest BCUT2D eigenvalue weighted by atomic mass is 35.5. The van der Waals surface area contributed by atoms with Crippen LogP contribution in [0, 0.1) is 5.92 Å². The number of aromatic nitrogens is 1. The molecule has 0 radical (unpaired) electrons. The molecule has 1 saturated heterocycles. The molecule has 1 fully saturated rings. The van der Waals surface area contributed by atoms with E-state index in [1.54, 1.807) is 7.11 Å². The number of ether oxygens (including phenoxy) is 1. The third-order valence-electron chi connectivity index (χ3n) is 3.69. The molecule has 0 aromatic carbocycles. The van der Waals surface area contributed by atoms with Crippen LogP contribution in [0.2, 0.25) is 5.15 Å². The number of hydrogen-bond acceptors (Lipinski definition) is 3. The SMILES string of the molecule is COc1cc(C2=CCC3CCNC23)cnc1Cl. The van der Waals surface area contributed by atoms with Crippen LogP contribution in [-0.2, 0) is 0 Å². The smallest absolute Gasteiger partial charge is 0.171 e. The monoisotopic (exact) mass is 250 g/mol. The van der Waals surface area contributed by atoms with Gasteiger partial charge in [-0.2, -0.15) is 0 Å². The molecule has 1 aliphatic heterocycles. The number of hydrogen-bond donors (Lipinski definition) is 1. The van der Waals surface area contributed by atoms with Gasteiger partial charge in [0.2, 0.25) is 0 Å². The van der Waals surface area contributed by atoms with Gasteiger partial charge >= 0.3 is 0 Å². The normalized spacial score (nSPS) is 26.8. The lowest BCUT2D eigenvalue weighted by Crippen LogP contribution is -2.24. The Morgan fingerprint density at radius 2 is 2.41 bits per heavy atom. The minimum Gasteiger partial charge on any atom is -0.494 e. The van der Waals surface area contributed by atoms with Gasteiger partial charge in [-0.25, -0.2) is 4.98 Å². The maximum absolute atomic E-state index is 5.94. The summed E-state index contributed by atoms with van der Waals surface area (Å²) in [4.78, 5) is 4.18. The van der Waals surface area contributed by atoms with Crippen LogP contribution in [0.1, 0.15) is 18.4 Å². The third-order valence-corrected chi connectivity index (χ3v) is 3.97. The number of fused-ring (bicyclic) bond motifs is 1. The number of pyridine rings is 1. The van der Waals surface area contributed by atoms with Crippen LogP contribution in [0.3, 0.4) is 0 Å². The zero-order chi connectivity index (χ0) is 11.8. The van der Waals surface area contributed by atoms with Crippen LogP contribution < -0.4 is 10.1 Å². The number of methoxy groups -OCH3 is 1. The second kappa shape index (κ2) is 4.31. The summed E-state index contributed by atoms with van der Waals surface area (Å²) in [5.41, 5.74) is 2.46. The van der Waals surface area contributed by atoms with E-state index in [1.807, 2.05) is 12.3 Å². The summed E-state index contributed by atoms with van der Waals surface area (Å²) in [5, 5.41) is 3.97. The number of halogens is 1. The summed E-state index contributed by atoms with van der Waals surface area (Å²) in [6.45, 7) is 1.12. The van der Waals surface area contributed by atoms with Gasteiger partial charge in [0.15, 0.2) is 10.9 Å². The maximum Gasteiger partial charge on any atom is 0.171 e. The summed E-state index contributed by atoms with van der Waals surface area (Å²) in [6, 6.07) is 2.46. The van der Waals surface area contributed by atoms with Crippen molar-refractivity contribution in [1.29, 1.82) is 0 Å². The second-order valence-corrected chi connectivity index (χ2v) is 4.95. The molecule has 1 aromatic rings. The first kappa shape index (κ1) is 11.1. The average Bonchev–Trinajstić information content (AvgIpc) is 2.92. The van der Waals surface area contributed by atoms with Crippen LogP contribution >= 0.6 is 11.6 Å². The molecular weight excluding hydrogens is 236 g/mol. The number of nitrogens with zero attached hydrogens (tertiary/aromatic N) is 1. The first-order valence-electron chi connectivity index (χ1n) is 5.93. The van der Waals surface area contributed by atoms with E-state index in [4.69, 9.17) is 16.3 Å². The summed E-state index contributed by atoms with van der Waals surface area (Å²) < 4.78 is 5.21. The fourth-order valence-electron chi connectivity index (χ4n) is 2.81. The lowest BCUT2D eigenvalue weighted by Gasteiger charge is -2.15. The molecule has 17 heavy (non-hydrogen) atoms. The van der Waals surface area contributed by atoms with Crippen molar-refractivity contribution in [1.82, 2.24) is 10.3 Å². The quantitative estimate of drug-likeness (QED) is 0.819. The predicted molar refractivity (Wildman–Crippen MR) is 68.3 cm³/mol. The fraction of sp³-hybridized carbons (Fsp3) is 0.462. The van der Waals surface area contributed by atoms with Gasteiger partial charge in [-0.1, -0.05) is 17.7 Å². The Kier molecular flexibility index (Phi) is 2.81. The molecule has 0 amide bonds. The van der Waals surface area contributed by atoms with E-state index in [0.717, 1.165) is 24.4 Å². The topological polar surface area (TPSA) is 34.1 Å². The maximum atomic E-state index is 5.94. The second-order valence-electron chi connectivity index (χ2n) is 4.59. The van der Waals surface area contributed by atoms with Gasteiger partial charge in [0.1, 0.15) is 0 Å². The lowest BCUT2D eigenvalue weighted by molar-refractivity contribution is 0.413. The van der Waals surface area contributed by atoms with Crippen LogP contribution in [0.4, 0.5) is 0 Å². The largest absolute Gasteiger partial charge is 0.494 e. The number of allylic oxidation sites excluding steroid dienone is 1. The molecule has 90 valence electrons. The molecule has 2 unspecified atom stereocenters. The summed E-state index contributed by atoms with van der Waals surface area (Å²) in [7, 11) is 1.62. The van der Waals surface area contributed by atoms with Crippen molar-refractivity contribution in [2.75, 3.05) is 13.7 Å². The molecule has 0 spiro atoms. The van der Waals surface area contributed by atoms with E-state index < -0.39 is 0 Å². The highest BCUT2D eigenvalue weighted by Crippen LogP contribution is 2.38. The minimum atomic E-state index is 0.422. The van der Waals surface area contributed by atoms with Crippen LogP contribution in [0.15, 0.2) is 18.3 Å². The van der Waals surface area contributed by atoms with Crippen molar-refractivity contribution in [2.45, 2.75) is 18.9 Å². The Bertz CT molecular complexity index is 472. The van der Waals surface area contributed by atoms with Gasteiger partial charge in [-0.05, 0) is 36.9 Å². The molecule has 2 heterocycles. The highest BCUT2D eigenvalue weighted by Gasteiger charge is 2.34. The predicted octanol–water partition coefficient (Wildman–Crippen LogP) is 2.51. The van der Waals surface area contributed by atoms with Crippen molar-refractivity contribution in [3.05, 3.63) is 29.1 Å². The summed E-state index contributed by atoms with van der Waals surface area (Å²) in [6.07, 6.45) is 6.58. The first-order chi connectivity index (χ1) is 8.29. The van der Waals surface area contributed by atoms with E-state index in [0.29, 0.717) is 16.9 Å². The average molecular weight is 251 g/mol. The van der Waals surface area contributed by atoms with Gasteiger partial charge in [-0.3, -0.25) is 0 Å². The molecule has 3 nitrogen and oxygen atoms in total.